The van der Waals surface area contributed by atoms with Gasteiger partial charge in [-0.05, 0) is 55.2 Å². The second-order valence-electron chi connectivity index (χ2n) is 7.27. The van der Waals surface area contributed by atoms with Crippen LogP contribution in [-0.4, -0.2) is 43.6 Å². The number of hydrogen-bond donors (Lipinski definition) is 3. The third kappa shape index (κ3) is 6.50. The van der Waals surface area contributed by atoms with Gasteiger partial charge in [0.25, 0.3) is 10.0 Å². The van der Waals surface area contributed by atoms with Gasteiger partial charge in [0.15, 0.2) is 10.9 Å². The van der Waals surface area contributed by atoms with Crippen LogP contribution in [0.3, 0.4) is 0 Å². The summed E-state index contributed by atoms with van der Waals surface area (Å²) in [5.41, 5.74) is 0.542. The zero-order chi connectivity index (χ0) is 23.1. The van der Waals surface area contributed by atoms with Gasteiger partial charge in [-0.15, -0.1) is 0 Å². The van der Waals surface area contributed by atoms with E-state index < -0.39 is 10.0 Å². The van der Waals surface area contributed by atoms with Crippen LogP contribution in [0.2, 0.25) is 0 Å². The van der Waals surface area contributed by atoms with Crippen molar-refractivity contribution >= 4 is 44.8 Å². The molecular formula is C20H25N5O5S2. The van der Waals surface area contributed by atoms with Crippen molar-refractivity contribution in [2.45, 2.75) is 37.0 Å². The molecule has 12 heteroatoms. The van der Waals surface area contributed by atoms with Crippen molar-refractivity contribution in [1.82, 2.24) is 15.3 Å². The van der Waals surface area contributed by atoms with Gasteiger partial charge in [-0.3, -0.25) is 9.52 Å². The minimum Gasteiger partial charge on any atom is -0.481 e. The lowest BCUT2D eigenvalue weighted by molar-refractivity contribution is -0.120. The number of methoxy groups -OCH3 is 2. The van der Waals surface area contributed by atoms with E-state index >= 15 is 0 Å². The maximum absolute atomic E-state index is 12.7. The summed E-state index contributed by atoms with van der Waals surface area (Å²) in [5, 5.41) is 5.72. The highest BCUT2D eigenvalue weighted by Crippen LogP contribution is 2.27. The Morgan fingerprint density at radius 1 is 1.12 bits per heavy atom. The number of thiocarbonyl (C=S) groups is 1. The van der Waals surface area contributed by atoms with Crippen LogP contribution in [0.15, 0.2) is 35.2 Å². The van der Waals surface area contributed by atoms with Crippen molar-refractivity contribution in [2.24, 2.45) is 5.92 Å². The number of benzene rings is 1. The monoisotopic (exact) mass is 479 g/mol. The molecule has 2 aromatic rings. The molecule has 0 atom stereocenters. The number of amides is 1. The number of hydrogen-bond acceptors (Lipinski definition) is 8. The van der Waals surface area contributed by atoms with Crippen LogP contribution < -0.4 is 24.8 Å². The average Bonchev–Trinajstić information content (AvgIpc) is 3.26. The largest absolute Gasteiger partial charge is 0.481 e. The van der Waals surface area contributed by atoms with Crippen molar-refractivity contribution < 1.29 is 22.7 Å². The van der Waals surface area contributed by atoms with Crippen molar-refractivity contribution in [2.75, 3.05) is 24.3 Å². The van der Waals surface area contributed by atoms with E-state index in [-0.39, 0.29) is 33.6 Å². The Kier molecular flexibility index (Phi) is 7.80. The summed E-state index contributed by atoms with van der Waals surface area (Å²) in [6, 6.07) is 7.20. The Morgan fingerprint density at radius 2 is 1.81 bits per heavy atom. The zero-order valence-electron chi connectivity index (χ0n) is 17.8. The third-order valence-corrected chi connectivity index (χ3v) is 6.51. The predicted octanol–water partition coefficient (Wildman–Crippen LogP) is 2.69. The molecule has 1 aliphatic rings. The molecule has 10 nitrogen and oxygen atoms in total. The number of ether oxygens (including phenoxy) is 2. The minimum atomic E-state index is -3.92. The van der Waals surface area contributed by atoms with E-state index in [4.69, 9.17) is 21.7 Å². The number of aromatic nitrogens is 2. The molecule has 0 unspecified atom stereocenters. The summed E-state index contributed by atoms with van der Waals surface area (Å²) >= 11 is 5.18. The molecule has 1 aromatic heterocycles. The minimum absolute atomic E-state index is 0.00190. The Labute approximate surface area is 192 Å². The second kappa shape index (κ2) is 10.6. The lowest BCUT2D eigenvalue weighted by Crippen LogP contribution is -2.34. The molecule has 0 spiro atoms. The summed E-state index contributed by atoms with van der Waals surface area (Å²) in [5.74, 6) is 0.456. The fraction of sp³-hybridized carbons (Fsp3) is 0.400. The van der Waals surface area contributed by atoms with Crippen LogP contribution in [0.1, 0.15) is 32.1 Å². The summed E-state index contributed by atoms with van der Waals surface area (Å²) in [4.78, 5) is 20.0. The van der Waals surface area contributed by atoms with Gasteiger partial charge < -0.3 is 20.1 Å². The van der Waals surface area contributed by atoms with Crippen LogP contribution >= 0.6 is 12.2 Å². The third-order valence-electron chi connectivity index (χ3n) is 4.94. The fourth-order valence-electron chi connectivity index (χ4n) is 3.38. The van der Waals surface area contributed by atoms with Gasteiger partial charge in [-0.2, -0.15) is 9.97 Å². The molecule has 0 radical (unpaired) electrons. The number of nitrogens with one attached hydrogen (secondary N) is 3. The fourth-order valence-corrected chi connectivity index (χ4v) is 4.61. The smallest absolute Gasteiger partial charge is 0.321 e. The molecule has 1 saturated carbocycles. The van der Waals surface area contributed by atoms with Gasteiger partial charge in [0.2, 0.25) is 11.8 Å². The predicted molar refractivity (Wildman–Crippen MR) is 123 cm³/mol. The topological polar surface area (TPSA) is 132 Å². The molecule has 1 aromatic carbocycles. The highest BCUT2D eigenvalue weighted by Gasteiger charge is 2.19. The van der Waals surface area contributed by atoms with Crippen LogP contribution in [0, 0.1) is 5.92 Å². The van der Waals surface area contributed by atoms with Crippen LogP contribution in [0.4, 0.5) is 11.5 Å². The maximum atomic E-state index is 12.7. The first-order chi connectivity index (χ1) is 15.3. The number of carbonyl (C=O) groups is 1. The van der Waals surface area contributed by atoms with Gasteiger partial charge >= 0.3 is 6.01 Å². The summed E-state index contributed by atoms with van der Waals surface area (Å²) < 4.78 is 37.7. The quantitative estimate of drug-likeness (QED) is 0.489. The van der Waals surface area contributed by atoms with Crippen LogP contribution in [0.5, 0.6) is 11.9 Å². The SMILES string of the molecule is COc1cc(NS(=O)(=O)c2ccc(NC(=S)NC(=O)CC3CCCC3)cc2)nc(OC)n1. The Balaban J connectivity index is 1.60. The van der Waals surface area contributed by atoms with E-state index in [2.05, 4.69) is 25.3 Å². The van der Waals surface area contributed by atoms with E-state index in [1.807, 2.05) is 0 Å². The molecule has 0 aliphatic heterocycles. The Morgan fingerprint density at radius 3 is 2.44 bits per heavy atom. The van der Waals surface area contributed by atoms with Gasteiger partial charge in [0.05, 0.1) is 19.1 Å². The molecule has 3 N–H and O–H groups in total. The standard InChI is InChI=1S/C20H25N5O5S2/c1-29-18-12-16(22-19(24-18)30-2)25-32(27,28)15-9-7-14(8-10-15)21-20(31)23-17(26)11-13-5-3-4-6-13/h7-10,12-13H,3-6,11H2,1-2H3,(H,22,24,25)(H2,21,23,26,31). The second-order valence-corrected chi connectivity index (χ2v) is 9.36. The highest BCUT2D eigenvalue weighted by atomic mass is 32.2. The van der Waals surface area contributed by atoms with Gasteiger partial charge in [-0.1, -0.05) is 12.8 Å². The first kappa shape index (κ1) is 23.7. The van der Waals surface area contributed by atoms with Crippen LogP contribution in [0.25, 0.3) is 0 Å². The lowest BCUT2D eigenvalue weighted by atomic mass is 10.0. The molecule has 1 heterocycles. The van der Waals surface area contributed by atoms with Gasteiger partial charge in [-0.25, -0.2) is 8.42 Å². The summed E-state index contributed by atoms with van der Waals surface area (Å²) in [7, 11) is -1.17. The number of carbonyl (C=O) groups excluding carboxylic acids is 1. The normalized spacial score (nSPS) is 13.9. The molecule has 0 bridgehead atoms. The number of sulfonamides is 1. The van der Waals surface area contributed by atoms with E-state index in [0.717, 1.165) is 12.8 Å². The molecule has 1 fully saturated rings. The Bertz CT molecular complexity index is 1050. The number of rotatable bonds is 8. The molecule has 1 aliphatic carbocycles. The highest BCUT2D eigenvalue weighted by molar-refractivity contribution is 7.92. The number of anilines is 2. The van der Waals surface area contributed by atoms with E-state index in [0.29, 0.717) is 18.0 Å². The molecular weight excluding hydrogens is 454 g/mol. The Hall–Kier alpha value is -2.99. The van der Waals surface area contributed by atoms with Gasteiger partial charge in [0.1, 0.15) is 0 Å². The molecule has 172 valence electrons. The molecule has 1 amide bonds. The van der Waals surface area contributed by atoms with E-state index in [1.165, 1.54) is 45.3 Å². The molecule has 32 heavy (non-hydrogen) atoms. The average molecular weight is 480 g/mol. The number of nitrogens with zero attached hydrogens (tertiary/aromatic N) is 2. The van der Waals surface area contributed by atoms with E-state index in [9.17, 15) is 13.2 Å². The lowest BCUT2D eigenvalue weighted by Gasteiger charge is -2.13. The first-order valence-electron chi connectivity index (χ1n) is 10.00. The van der Waals surface area contributed by atoms with Crippen molar-refractivity contribution in [3.63, 3.8) is 0 Å². The zero-order valence-corrected chi connectivity index (χ0v) is 19.4. The first-order valence-corrected chi connectivity index (χ1v) is 11.9. The molecule has 3 rings (SSSR count). The van der Waals surface area contributed by atoms with Crippen molar-refractivity contribution in [1.29, 1.82) is 0 Å². The van der Waals surface area contributed by atoms with Crippen molar-refractivity contribution in [3.05, 3.63) is 30.3 Å². The van der Waals surface area contributed by atoms with E-state index in [1.54, 1.807) is 12.1 Å². The summed E-state index contributed by atoms with van der Waals surface area (Å²) in [6.45, 7) is 0. The van der Waals surface area contributed by atoms with Crippen molar-refractivity contribution in [3.8, 4) is 11.9 Å². The van der Waals surface area contributed by atoms with Crippen LogP contribution in [-0.2, 0) is 14.8 Å². The summed E-state index contributed by atoms with van der Waals surface area (Å²) in [6.07, 6.45) is 4.95. The molecule has 0 saturated heterocycles. The van der Waals surface area contributed by atoms with Gasteiger partial charge in [0, 0.05) is 18.2 Å². The maximum Gasteiger partial charge on any atom is 0.321 e.